The summed E-state index contributed by atoms with van der Waals surface area (Å²) in [6.07, 6.45) is 4.19. The van der Waals surface area contributed by atoms with Gasteiger partial charge in [-0.15, -0.1) is 0 Å². The maximum atomic E-state index is 12.8. The fourth-order valence-corrected chi connectivity index (χ4v) is 1.91. The quantitative estimate of drug-likeness (QED) is 0.919. The molecule has 0 spiro atoms. The van der Waals surface area contributed by atoms with E-state index in [2.05, 4.69) is 16.9 Å². The van der Waals surface area contributed by atoms with Crippen molar-refractivity contribution in [3.63, 3.8) is 0 Å². The highest BCUT2D eigenvalue weighted by Crippen LogP contribution is 2.23. The van der Waals surface area contributed by atoms with E-state index in [9.17, 15) is 9.50 Å². The Bertz CT molecular complexity index is 535. The van der Waals surface area contributed by atoms with Crippen molar-refractivity contribution in [1.82, 2.24) is 9.97 Å². The van der Waals surface area contributed by atoms with Crippen molar-refractivity contribution in [2.45, 2.75) is 32.3 Å². The molecule has 0 aromatic carbocycles. The van der Waals surface area contributed by atoms with Crippen molar-refractivity contribution in [3.8, 4) is 0 Å². The van der Waals surface area contributed by atoms with Crippen molar-refractivity contribution in [2.75, 3.05) is 0 Å². The molecule has 2 rings (SSSR count). The number of halogens is 1. The van der Waals surface area contributed by atoms with E-state index in [1.165, 1.54) is 12.1 Å². The average Bonchev–Trinajstić information content (AvgIpc) is 2.40. The molecule has 0 aliphatic rings. The molecule has 1 atom stereocenters. The number of rotatable bonds is 4. The number of pyridine rings is 2. The Hall–Kier alpha value is -1.81. The fourth-order valence-electron chi connectivity index (χ4n) is 1.91. The Morgan fingerprint density at radius 1 is 1.16 bits per heavy atom. The van der Waals surface area contributed by atoms with Gasteiger partial charge in [-0.05, 0) is 37.1 Å². The number of aromatic nitrogens is 2. The molecule has 100 valence electrons. The molecule has 0 aliphatic heterocycles. The Morgan fingerprint density at radius 2 is 1.95 bits per heavy atom. The first kappa shape index (κ1) is 13.6. The molecule has 0 fully saturated rings. The molecule has 0 saturated heterocycles. The number of aliphatic hydroxyl groups is 1. The summed E-state index contributed by atoms with van der Waals surface area (Å²) in [4.78, 5) is 8.24. The molecule has 3 nitrogen and oxygen atoms in total. The molecule has 2 aromatic rings. The van der Waals surface area contributed by atoms with Crippen LogP contribution in [0.25, 0.3) is 0 Å². The molecule has 0 amide bonds. The first-order chi connectivity index (χ1) is 9.01. The predicted octanol–water partition coefficient (Wildman–Crippen LogP) is 2.63. The molecule has 2 heterocycles. The second-order valence-electron chi connectivity index (χ2n) is 4.82. The van der Waals surface area contributed by atoms with Gasteiger partial charge in [0.2, 0.25) is 0 Å². The van der Waals surface area contributed by atoms with Crippen LogP contribution in [0, 0.1) is 5.82 Å². The monoisotopic (exact) mass is 260 g/mol. The average molecular weight is 260 g/mol. The lowest BCUT2D eigenvalue weighted by atomic mass is 9.95. The van der Waals surface area contributed by atoms with Gasteiger partial charge in [-0.3, -0.25) is 9.97 Å². The van der Waals surface area contributed by atoms with Gasteiger partial charge in [-0.2, -0.15) is 0 Å². The largest absolute Gasteiger partial charge is 0.383 e. The van der Waals surface area contributed by atoms with E-state index < -0.39 is 11.4 Å². The Labute approximate surface area is 112 Å². The normalized spacial score (nSPS) is 14.1. The smallest absolute Gasteiger partial charge is 0.141 e. The SMILES string of the molecule is CCc1ccc(CC(C)(O)c2ccc(F)cn2)nc1. The molecule has 0 radical (unpaired) electrons. The first-order valence-electron chi connectivity index (χ1n) is 6.29. The van der Waals surface area contributed by atoms with Gasteiger partial charge in [0.15, 0.2) is 0 Å². The van der Waals surface area contributed by atoms with E-state index >= 15 is 0 Å². The molecule has 0 saturated carbocycles. The fraction of sp³-hybridized carbons (Fsp3) is 0.333. The zero-order valence-electron chi connectivity index (χ0n) is 11.1. The lowest BCUT2D eigenvalue weighted by Gasteiger charge is -2.22. The highest BCUT2D eigenvalue weighted by atomic mass is 19.1. The third-order valence-corrected chi connectivity index (χ3v) is 3.10. The van der Waals surface area contributed by atoms with Gasteiger partial charge in [-0.25, -0.2) is 4.39 Å². The lowest BCUT2D eigenvalue weighted by Crippen LogP contribution is -2.26. The molecular formula is C15H17FN2O. The van der Waals surface area contributed by atoms with Crippen LogP contribution in [0.5, 0.6) is 0 Å². The van der Waals surface area contributed by atoms with Crippen LogP contribution in [0.1, 0.15) is 30.8 Å². The van der Waals surface area contributed by atoms with Crippen LogP contribution in [0.15, 0.2) is 36.7 Å². The van der Waals surface area contributed by atoms with Crippen LogP contribution in [0.3, 0.4) is 0 Å². The van der Waals surface area contributed by atoms with Crippen LogP contribution in [0.2, 0.25) is 0 Å². The van der Waals surface area contributed by atoms with Crippen LogP contribution in [-0.2, 0) is 18.4 Å². The second-order valence-corrected chi connectivity index (χ2v) is 4.82. The van der Waals surface area contributed by atoms with Crippen molar-refractivity contribution >= 4 is 0 Å². The van der Waals surface area contributed by atoms with Crippen molar-refractivity contribution in [3.05, 3.63) is 59.4 Å². The van der Waals surface area contributed by atoms with E-state index in [0.717, 1.165) is 23.9 Å². The second kappa shape index (κ2) is 5.45. The summed E-state index contributed by atoms with van der Waals surface area (Å²) < 4.78 is 12.8. The topological polar surface area (TPSA) is 46.0 Å². The third-order valence-electron chi connectivity index (χ3n) is 3.10. The molecular weight excluding hydrogens is 243 g/mol. The molecule has 0 aliphatic carbocycles. The minimum Gasteiger partial charge on any atom is -0.383 e. The molecule has 4 heteroatoms. The summed E-state index contributed by atoms with van der Waals surface area (Å²) in [6.45, 7) is 3.72. The third kappa shape index (κ3) is 3.35. The van der Waals surface area contributed by atoms with E-state index in [-0.39, 0.29) is 0 Å². The van der Waals surface area contributed by atoms with Crippen LogP contribution < -0.4 is 0 Å². The summed E-state index contributed by atoms with van der Waals surface area (Å²) in [5, 5.41) is 10.4. The zero-order chi connectivity index (χ0) is 13.9. The number of aryl methyl sites for hydroxylation is 1. The maximum Gasteiger partial charge on any atom is 0.141 e. The van der Waals surface area contributed by atoms with Crippen LogP contribution >= 0.6 is 0 Å². The van der Waals surface area contributed by atoms with Crippen molar-refractivity contribution in [2.24, 2.45) is 0 Å². The summed E-state index contributed by atoms with van der Waals surface area (Å²) >= 11 is 0. The summed E-state index contributed by atoms with van der Waals surface area (Å²) in [7, 11) is 0. The highest BCUT2D eigenvalue weighted by Gasteiger charge is 2.25. The van der Waals surface area contributed by atoms with Gasteiger partial charge < -0.3 is 5.11 Å². The summed E-state index contributed by atoms with van der Waals surface area (Å²) in [5.41, 5.74) is 1.22. The number of nitrogens with zero attached hydrogens (tertiary/aromatic N) is 2. The predicted molar refractivity (Wildman–Crippen MR) is 71.1 cm³/mol. The zero-order valence-corrected chi connectivity index (χ0v) is 11.1. The number of hydrogen-bond donors (Lipinski definition) is 1. The van der Waals surface area contributed by atoms with Gasteiger partial charge in [-0.1, -0.05) is 13.0 Å². The molecule has 1 unspecified atom stereocenters. The molecule has 19 heavy (non-hydrogen) atoms. The number of hydrogen-bond acceptors (Lipinski definition) is 3. The summed E-state index contributed by atoms with van der Waals surface area (Å²) in [5.74, 6) is -0.412. The Morgan fingerprint density at radius 3 is 2.47 bits per heavy atom. The van der Waals surface area contributed by atoms with E-state index in [4.69, 9.17) is 0 Å². The maximum absolute atomic E-state index is 12.8. The van der Waals surface area contributed by atoms with E-state index in [0.29, 0.717) is 12.1 Å². The van der Waals surface area contributed by atoms with E-state index in [1.807, 2.05) is 18.3 Å². The minimum absolute atomic E-state index is 0.343. The molecule has 2 aromatic heterocycles. The van der Waals surface area contributed by atoms with E-state index in [1.54, 1.807) is 6.92 Å². The van der Waals surface area contributed by atoms with Crippen LogP contribution in [0.4, 0.5) is 4.39 Å². The van der Waals surface area contributed by atoms with Gasteiger partial charge >= 0.3 is 0 Å². The van der Waals surface area contributed by atoms with Gasteiger partial charge in [0.05, 0.1) is 11.9 Å². The minimum atomic E-state index is -1.16. The Kier molecular flexibility index (Phi) is 3.90. The standard InChI is InChI=1S/C15H17FN2O/c1-3-11-4-6-13(17-9-11)8-15(2,19)14-7-5-12(16)10-18-14/h4-7,9-10,19H,3,8H2,1-2H3. The molecule has 0 bridgehead atoms. The van der Waals surface area contributed by atoms with Crippen LogP contribution in [-0.4, -0.2) is 15.1 Å². The van der Waals surface area contributed by atoms with Crippen molar-refractivity contribution < 1.29 is 9.50 Å². The van der Waals surface area contributed by atoms with Gasteiger partial charge in [0, 0.05) is 18.3 Å². The van der Waals surface area contributed by atoms with Gasteiger partial charge in [0.25, 0.3) is 0 Å². The highest BCUT2D eigenvalue weighted by molar-refractivity contribution is 5.19. The first-order valence-corrected chi connectivity index (χ1v) is 6.29. The molecule has 1 N–H and O–H groups in total. The lowest BCUT2D eigenvalue weighted by molar-refractivity contribution is 0.0519. The summed E-state index contributed by atoms with van der Waals surface area (Å²) in [6, 6.07) is 6.69. The van der Waals surface area contributed by atoms with Gasteiger partial charge in [0.1, 0.15) is 11.4 Å². The van der Waals surface area contributed by atoms with Crippen molar-refractivity contribution in [1.29, 1.82) is 0 Å². The Balaban J connectivity index is 2.17.